The van der Waals surface area contributed by atoms with Crippen LogP contribution in [0.25, 0.3) is 0 Å². The van der Waals surface area contributed by atoms with Crippen LogP contribution in [0.3, 0.4) is 0 Å². The molecule has 2 aromatic heterocycles. The lowest BCUT2D eigenvalue weighted by atomic mass is 9.89. The predicted molar refractivity (Wildman–Crippen MR) is 90.2 cm³/mol. The highest BCUT2D eigenvalue weighted by molar-refractivity contribution is 5.32. The zero-order valence-corrected chi connectivity index (χ0v) is 13.9. The Morgan fingerprint density at radius 1 is 1.29 bits per heavy atom. The molecule has 6 heteroatoms. The van der Waals surface area contributed by atoms with Gasteiger partial charge in [-0.25, -0.2) is 9.97 Å². The average molecular weight is 326 g/mol. The molecule has 0 radical (unpaired) electrons. The zero-order valence-electron chi connectivity index (χ0n) is 13.9. The molecule has 2 fully saturated rings. The van der Waals surface area contributed by atoms with Gasteiger partial charge in [0.05, 0.1) is 18.4 Å². The van der Waals surface area contributed by atoms with E-state index >= 15 is 0 Å². The Hall–Kier alpha value is -2.21. The number of aromatic nitrogens is 3. The largest absolute Gasteiger partial charge is 0.486 e. The molecular weight excluding hydrogens is 304 g/mol. The van der Waals surface area contributed by atoms with Crippen molar-refractivity contribution in [1.29, 1.82) is 0 Å². The predicted octanol–water partition coefficient (Wildman–Crippen LogP) is 2.39. The first-order valence-electron chi connectivity index (χ1n) is 8.47. The number of hydrogen-bond donors (Lipinski definition) is 0. The van der Waals surface area contributed by atoms with Crippen molar-refractivity contribution in [3.63, 3.8) is 0 Å². The summed E-state index contributed by atoms with van der Waals surface area (Å²) in [5.41, 5.74) is 0.923. The Morgan fingerprint density at radius 3 is 2.96 bits per heavy atom. The molecule has 6 nitrogen and oxygen atoms in total. The molecule has 0 bridgehead atoms. The van der Waals surface area contributed by atoms with Crippen LogP contribution < -0.4 is 9.64 Å². The van der Waals surface area contributed by atoms with Crippen molar-refractivity contribution in [1.82, 2.24) is 15.0 Å². The van der Waals surface area contributed by atoms with Gasteiger partial charge in [-0.3, -0.25) is 4.98 Å². The number of piperidine rings is 1. The van der Waals surface area contributed by atoms with Gasteiger partial charge in [-0.2, -0.15) is 0 Å². The molecule has 0 aliphatic carbocycles. The van der Waals surface area contributed by atoms with Crippen LogP contribution in [0.15, 0.2) is 36.9 Å². The smallest absolute Gasteiger partial charge is 0.225 e. The highest BCUT2D eigenvalue weighted by Gasteiger charge is 2.45. The highest BCUT2D eigenvalue weighted by atomic mass is 16.6. The number of rotatable bonds is 3. The SMILES string of the molecule is Cc1cnc(N2CCC[C@@]3(C[C@H](Oc4cccnc4)CO3)C2)nc1. The molecule has 2 atom stereocenters. The summed E-state index contributed by atoms with van der Waals surface area (Å²) in [6.07, 6.45) is 10.3. The summed E-state index contributed by atoms with van der Waals surface area (Å²) < 4.78 is 12.2. The summed E-state index contributed by atoms with van der Waals surface area (Å²) in [6, 6.07) is 3.82. The van der Waals surface area contributed by atoms with Crippen LogP contribution in [0.2, 0.25) is 0 Å². The Bertz CT molecular complexity index is 679. The molecule has 0 N–H and O–H groups in total. The summed E-state index contributed by atoms with van der Waals surface area (Å²) in [6.45, 7) is 4.42. The van der Waals surface area contributed by atoms with Crippen LogP contribution >= 0.6 is 0 Å². The third kappa shape index (κ3) is 3.19. The Morgan fingerprint density at radius 2 is 2.17 bits per heavy atom. The first-order chi connectivity index (χ1) is 11.7. The van der Waals surface area contributed by atoms with E-state index < -0.39 is 0 Å². The molecule has 0 amide bonds. The maximum atomic E-state index is 6.20. The number of nitrogens with zero attached hydrogens (tertiary/aromatic N) is 4. The lowest BCUT2D eigenvalue weighted by Gasteiger charge is -2.39. The van der Waals surface area contributed by atoms with E-state index in [9.17, 15) is 0 Å². The Balaban J connectivity index is 1.43. The number of pyridine rings is 1. The zero-order chi connectivity index (χ0) is 16.4. The van der Waals surface area contributed by atoms with Crippen LogP contribution in [0, 0.1) is 6.92 Å². The summed E-state index contributed by atoms with van der Waals surface area (Å²) in [4.78, 5) is 15.3. The molecule has 24 heavy (non-hydrogen) atoms. The van der Waals surface area contributed by atoms with Crippen molar-refractivity contribution >= 4 is 5.95 Å². The summed E-state index contributed by atoms with van der Waals surface area (Å²) >= 11 is 0. The van der Waals surface area contributed by atoms with Crippen molar-refractivity contribution < 1.29 is 9.47 Å². The van der Waals surface area contributed by atoms with E-state index in [2.05, 4.69) is 19.9 Å². The van der Waals surface area contributed by atoms with Gasteiger partial charge in [0, 0.05) is 38.1 Å². The maximum absolute atomic E-state index is 6.20. The van der Waals surface area contributed by atoms with Gasteiger partial charge in [0.2, 0.25) is 5.95 Å². The van der Waals surface area contributed by atoms with Crippen molar-refractivity contribution in [2.24, 2.45) is 0 Å². The molecule has 1 spiro atoms. The van der Waals surface area contributed by atoms with Gasteiger partial charge in [0.25, 0.3) is 0 Å². The fourth-order valence-electron chi connectivity index (χ4n) is 3.59. The number of hydrogen-bond acceptors (Lipinski definition) is 6. The maximum Gasteiger partial charge on any atom is 0.225 e. The van der Waals surface area contributed by atoms with Crippen LogP contribution in [0.4, 0.5) is 5.95 Å². The number of anilines is 1. The van der Waals surface area contributed by atoms with E-state index in [1.807, 2.05) is 31.5 Å². The molecule has 2 saturated heterocycles. The van der Waals surface area contributed by atoms with Gasteiger partial charge in [0.1, 0.15) is 11.9 Å². The topological polar surface area (TPSA) is 60.4 Å². The fourth-order valence-corrected chi connectivity index (χ4v) is 3.59. The number of aryl methyl sites for hydroxylation is 1. The van der Waals surface area contributed by atoms with E-state index in [-0.39, 0.29) is 11.7 Å². The van der Waals surface area contributed by atoms with E-state index in [1.165, 1.54) is 0 Å². The van der Waals surface area contributed by atoms with Gasteiger partial charge >= 0.3 is 0 Å². The van der Waals surface area contributed by atoms with Crippen LogP contribution in [-0.2, 0) is 4.74 Å². The van der Waals surface area contributed by atoms with Gasteiger partial charge in [-0.15, -0.1) is 0 Å². The van der Waals surface area contributed by atoms with Crippen molar-refractivity contribution in [3.8, 4) is 5.75 Å². The van der Waals surface area contributed by atoms with Gasteiger partial charge in [-0.1, -0.05) is 0 Å². The highest BCUT2D eigenvalue weighted by Crippen LogP contribution is 2.36. The van der Waals surface area contributed by atoms with E-state index in [1.54, 1.807) is 12.4 Å². The first-order valence-corrected chi connectivity index (χ1v) is 8.47. The molecule has 2 aliphatic rings. The van der Waals surface area contributed by atoms with Crippen molar-refractivity contribution in [2.45, 2.75) is 37.9 Å². The van der Waals surface area contributed by atoms with E-state index in [0.717, 1.165) is 49.6 Å². The van der Waals surface area contributed by atoms with E-state index in [0.29, 0.717) is 6.61 Å². The summed E-state index contributed by atoms with van der Waals surface area (Å²) in [5, 5.41) is 0. The van der Waals surface area contributed by atoms with Crippen LogP contribution in [-0.4, -0.2) is 46.4 Å². The van der Waals surface area contributed by atoms with Crippen LogP contribution in [0.1, 0.15) is 24.8 Å². The quantitative estimate of drug-likeness (QED) is 0.863. The van der Waals surface area contributed by atoms with Gasteiger partial charge < -0.3 is 14.4 Å². The molecule has 4 rings (SSSR count). The minimum Gasteiger partial charge on any atom is -0.486 e. The summed E-state index contributed by atoms with van der Waals surface area (Å²) in [7, 11) is 0. The molecule has 0 aromatic carbocycles. The Labute approximate surface area is 141 Å². The third-order valence-corrected chi connectivity index (χ3v) is 4.70. The molecule has 2 aliphatic heterocycles. The molecule has 4 heterocycles. The Kier molecular flexibility index (Phi) is 4.06. The second-order valence-corrected chi connectivity index (χ2v) is 6.71. The lowest BCUT2D eigenvalue weighted by molar-refractivity contribution is -0.00845. The minimum absolute atomic E-state index is 0.0769. The third-order valence-electron chi connectivity index (χ3n) is 4.70. The second kappa shape index (κ2) is 6.36. The minimum atomic E-state index is -0.153. The average Bonchev–Trinajstić information content (AvgIpc) is 2.98. The monoisotopic (exact) mass is 326 g/mol. The second-order valence-electron chi connectivity index (χ2n) is 6.71. The normalized spacial score (nSPS) is 26.7. The van der Waals surface area contributed by atoms with E-state index in [4.69, 9.17) is 9.47 Å². The first kappa shape index (κ1) is 15.3. The van der Waals surface area contributed by atoms with Gasteiger partial charge in [0.15, 0.2) is 0 Å². The van der Waals surface area contributed by atoms with Crippen molar-refractivity contribution in [2.75, 3.05) is 24.6 Å². The summed E-state index contributed by atoms with van der Waals surface area (Å²) in [5.74, 6) is 1.59. The molecular formula is C18H22N4O2. The standard InChI is InChI=1S/C18H22N4O2/c1-14-9-20-17(21-10-14)22-7-3-5-18(13-22)8-16(12-23-18)24-15-4-2-6-19-11-15/h2,4,6,9-11,16H,3,5,7-8,12-13H2,1H3/t16-,18+/m0/s1. The molecule has 2 aromatic rings. The molecule has 0 saturated carbocycles. The lowest BCUT2D eigenvalue weighted by Crippen LogP contribution is -2.48. The van der Waals surface area contributed by atoms with Crippen LogP contribution in [0.5, 0.6) is 5.75 Å². The molecule has 126 valence electrons. The fraction of sp³-hybridized carbons (Fsp3) is 0.500. The number of ether oxygens (including phenoxy) is 2. The van der Waals surface area contributed by atoms with Gasteiger partial charge in [-0.05, 0) is 37.5 Å². The van der Waals surface area contributed by atoms with Crippen molar-refractivity contribution in [3.05, 3.63) is 42.5 Å². The molecule has 0 unspecified atom stereocenters.